The third-order valence-corrected chi connectivity index (χ3v) is 12.5. The molecule has 2 unspecified atom stereocenters. The maximum Gasteiger partial charge on any atom is 0.331 e. The van der Waals surface area contributed by atoms with Crippen molar-refractivity contribution in [1.29, 1.82) is 0 Å². The van der Waals surface area contributed by atoms with Crippen molar-refractivity contribution in [2.75, 3.05) is 41.7 Å². The second-order valence-corrected chi connectivity index (χ2v) is 18.8. The van der Waals surface area contributed by atoms with Crippen LogP contribution in [0.3, 0.4) is 0 Å². The normalized spacial score (nSPS) is 29.2. The molecule has 4 aliphatic carbocycles. The maximum absolute atomic E-state index is 13.6. The minimum Gasteiger partial charge on any atom is -0.458 e. The molecule has 3 N–H and O–H groups in total. The third-order valence-electron chi connectivity index (χ3n) is 12.5. The van der Waals surface area contributed by atoms with Gasteiger partial charge in [0.25, 0.3) is 0 Å². The standard InChI is InChI=1S/C41H61N7O3/c1-26-34(44-27(2)45-36(26)48-17-13-29(14-18-48)31-11-10-30-9-8-16-42-35(30)47-31)43-22-32(37(50)51-38(3,4)5)46-33(49)12-15-41-21-28-19-39(6,24-41)23-40(7,20-28)25-41/h10-11,28-29,32H,8-9,12-25H2,1-7H3,(H,42,47)(H,46,49)(H,43,44,45)/t28?,32-,39-,40+,41?/m0/s1. The van der Waals surface area contributed by atoms with Crippen LogP contribution in [0.25, 0.3) is 0 Å². The van der Waals surface area contributed by atoms with E-state index in [-0.39, 0.29) is 17.9 Å². The van der Waals surface area contributed by atoms with Crippen LogP contribution in [0, 0.1) is 36.0 Å². The van der Waals surface area contributed by atoms with Gasteiger partial charge in [-0.2, -0.15) is 0 Å². The first-order chi connectivity index (χ1) is 24.1. The lowest BCUT2D eigenvalue weighted by molar-refractivity contribution is -0.158. The number of carbonyl (C=O) groups excluding carboxylic acids is 2. The van der Waals surface area contributed by atoms with Gasteiger partial charge in [0.15, 0.2) is 0 Å². The zero-order chi connectivity index (χ0) is 36.2. The molecule has 2 aromatic rings. The maximum atomic E-state index is 13.6. The van der Waals surface area contributed by atoms with Gasteiger partial charge in [0.2, 0.25) is 5.91 Å². The average Bonchev–Trinajstić information content (AvgIpc) is 3.04. The molecule has 0 radical (unpaired) electrons. The van der Waals surface area contributed by atoms with Crippen LogP contribution >= 0.6 is 0 Å². The SMILES string of the molecule is Cc1nc(NC[C@H](NC(=O)CCC23CC4C[C@@](C)(C2)C[C@](C)(C4)C3)C(=O)OC(C)(C)C)c(C)c(N2CCC(c3ccc4c(n3)NCCC4)CC2)n1. The molecular formula is C41H61N7O3. The molecule has 0 spiro atoms. The molecule has 2 aromatic heterocycles. The fourth-order valence-corrected chi connectivity index (χ4v) is 11.4. The molecule has 4 bridgehead atoms. The topological polar surface area (TPSA) is 121 Å². The van der Waals surface area contributed by atoms with Gasteiger partial charge in [-0.1, -0.05) is 19.9 Å². The first-order valence-electron chi connectivity index (χ1n) is 19.7. The minimum atomic E-state index is -0.837. The first kappa shape index (κ1) is 36.0. The van der Waals surface area contributed by atoms with E-state index in [0.717, 1.165) is 74.9 Å². The number of aryl methyl sites for hydroxylation is 2. The highest BCUT2D eigenvalue weighted by molar-refractivity contribution is 5.85. The largest absolute Gasteiger partial charge is 0.458 e. The molecule has 5 fully saturated rings. The number of rotatable bonds is 10. The number of amides is 1. The second-order valence-electron chi connectivity index (χ2n) is 18.8. The molecule has 4 heterocycles. The monoisotopic (exact) mass is 699 g/mol. The Morgan fingerprint density at radius 1 is 1.02 bits per heavy atom. The van der Waals surface area contributed by atoms with Gasteiger partial charge in [-0.15, -0.1) is 0 Å². The Bertz CT molecular complexity index is 1630. The number of hydrogen-bond acceptors (Lipinski definition) is 9. The molecule has 1 amide bonds. The fourth-order valence-electron chi connectivity index (χ4n) is 11.4. The lowest BCUT2D eigenvalue weighted by atomic mass is 9.40. The van der Waals surface area contributed by atoms with Crippen LogP contribution in [0.2, 0.25) is 0 Å². The van der Waals surface area contributed by atoms with E-state index in [0.29, 0.717) is 34.8 Å². The van der Waals surface area contributed by atoms with Crippen molar-refractivity contribution < 1.29 is 14.3 Å². The van der Waals surface area contributed by atoms with Crippen LogP contribution < -0.4 is 20.9 Å². The summed E-state index contributed by atoms with van der Waals surface area (Å²) in [6.45, 7) is 17.4. The molecule has 5 atom stereocenters. The van der Waals surface area contributed by atoms with Gasteiger partial charge < -0.3 is 25.6 Å². The van der Waals surface area contributed by atoms with Crippen molar-refractivity contribution in [1.82, 2.24) is 20.3 Å². The Hall–Kier alpha value is -3.43. The number of carbonyl (C=O) groups is 2. The van der Waals surface area contributed by atoms with Crippen molar-refractivity contribution in [3.05, 3.63) is 34.8 Å². The van der Waals surface area contributed by atoms with Gasteiger partial charge >= 0.3 is 5.97 Å². The van der Waals surface area contributed by atoms with Crippen molar-refractivity contribution >= 4 is 29.3 Å². The van der Waals surface area contributed by atoms with Gasteiger partial charge in [-0.3, -0.25) is 4.79 Å². The van der Waals surface area contributed by atoms with Gasteiger partial charge in [0.05, 0.1) is 0 Å². The van der Waals surface area contributed by atoms with E-state index in [4.69, 9.17) is 19.7 Å². The molecule has 1 saturated heterocycles. The van der Waals surface area contributed by atoms with Gasteiger partial charge in [0.1, 0.15) is 34.9 Å². The first-order valence-corrected chi connectivity index (χ1v) is 19.7. The van der Waals surface area contributed by atoms with Crippen LogP contribution in [0.1, 0.15) is 134 Å². The van der Waals surface area contributed by atoms with E-state index in [1.54, 1.807) is 0 Å². The zero-order valence-electron chi connectivity index (χ0n) is 32.2. The van der Waals surface area contributed by atoms with Crippen LogP contribution in [0.4, 0.5) is 17.5 Å². The van der Waals surface area contributed by atoms with Crippen LogP contribution in [-0.4, -0.2) is 64.7 Å². The summed E-state index contributed by atoms with van der Waals surface area (Å²) in [6.07, 6.45) is 13.3. The molecule has 8 rings (SSSR count). The molecule has 278 valence electrons. The van der Waals surface area contributed by atoms with Crippen LogP contribution in [-0.2, 0) is 20.7 Å². The number of fused-ring (bicyclic) bond motifs is 1. The summed E-state index contributed by atoms with van der Waals surface area (Å²) < 4.78 is 5.80. The number of ether oxygens (including phenoxy) is 1. The molecule has 10 heteroatoms. The number of aromatic nitrogens is 3. The van der Waals surface area contributed by atoms with Crippen molar-refractivity contribution in [2.24, 2.45) is 22.2 Å². The number of nitrogens with one attached hydrogen (secondary N) is 3. The number of piperidine rings is 1. The Morgan fingerprint density at radius 3 is 2.43 bits per heavy atom. The quantitative estimate of drug-likeness (QED) is 0.220. The van der Waals surface area contributed by atoms with Crippen molar-refractivity contribution in [3.63, 3.8) is 0 Å². The van der Waals surface area contributed by atoms with E-state index < -0.39 is 17.6 Å². The Balaban J connectivity index is 0.994. The predicted octanol–water partition coefficient (Wildman–Crippen LogP) is 7.25. The summed E-state index contributed by atoms with van der Waals surface area (Å²) in [6, 6.07) is 3.64. The Kier molecular flexibility index (Phi) is 9.53. The summed E-state index contributed by atoms with van der Waals surface area (Å²) in [5.74, 6) is 4.02. The fraction of sp³-hybridized carbons (Fsp3) is 0.732. The summed E-state index contributed by atoms with van der Waals surface area (Å²) in [7, 11) is 0. The molecular weight excluding hydrogens is 638 g/mol. The highest BCUT2D eigenvalue weighted by Crippen LogP contribution is 2.70. The van der Waals surface area contributed by atoms with Crippen LogP contribution in [0.15, 0.2) is 12.1 Å². The number of anilines is 3. The van der Waals surface area contributed by atoms with Gasteiger partial charge in [-0.05, 0) is 139 Å². The lowest BCUT2D eigenvalue weighted by Crippen LogP contribution is -2.55. The second kappa shape index (κ2) is 13.5. The summed E-state index contributed by atoms with van der Waals surface area (Å²) in [4.78, 5) is 44.0. The van der Waals surface area contributed by atoms with E-state index in [1.165, 1.54) is 49.8 Å². The third kappa shape index (κ3) is 7.99. The highest BCUT2D eigenvalue weighted by atomic mass is 16.6. The summed E-state index contributed by atoms with van der Waals surface area (Å²) >= 11 is 0. The smallest absolute Gasteiger partial charge is 0.331 e. The summed E-state index contributed by atoms with van der Waals surface area (Å²) in [5.41, 5.74) is 3.83. The van der Waals surface area contributed by atoms with E-state index >= 15 is 0 Å². The van der Waals surface area contributed by atoms with Gasteiger partial charge in [-0.25, -0.2) is 19.7 Å². The molecule has 0 aromatic carbocycles. The lowest BCUT2D eigenvalue weighted by Gasteiger charge is -2.65. The molecule has 4 saturated carbocycles. The zero-order valence-corrected chi connectivity index (χ0v) is 32.2. The molecule has 2 aliphatic heterocycles. The van der Waals surface area contributed by atoms with E-state index in [1.807, 2.05) is 34.6 Å². The number of pyridine rings is 1. The highest BCUT2D eigenvalue weighted by Gasteiger charge is 2.59. The van der Waals surface area contributed by atoms with Gasteiger partial charge in [0, 0.05) is 49.8 Å². The number of esters is 1. The van der Waals surface area contributed by atoms with E-state index in [2.05, 4.69) is 46.8 Å². The predicted molar refractivity (Wildman–Crippen MR) is 202 cm³/mol. The summed E-state index contributed by atoms with van der Waals surface area (Å²) in [5, 5.41) is 9.97. The van der Waals surface area contributed by atoms with E-state index in [9.17, 15) is 9.59 Å². The van der Waals surface area contributed by atoms with Crippen LogP contribution in [0.5, 0.6) is 0 Å². The number of hydrogen-bond donors (Lipinski definition) is 3. The molecule has 51 heavy (non-hydrogen) atoms. The van der Waals surface area contributed by atoms with Crippen molar-refractivity contribution in [2.45, 2.75) is 143 Å². The molecule has 10 nitrogen and oxygen atoms in total. The molecule has 6 aliphatic rings. The minimum absolute atomic E-state index is 0.0814. The Labute approximate surface area is 305 Å². The Morgan fingerprint density at radius 2 is 1.75 bits per heavy atom. The van der Waals surface area contributed by atoms with Crippen molar-refractivity contribution in [3.8, 4) is 0 Å². The average molecular weight is 700 g/mol. The number of nitrogens with zero attached hydrogens (tertiary/aromatic N) is 4.